The zero-order chi connectivity index (χ0) is 7.83. The quantitative estimate of drug-likeness (QED) is 0.551. The van der Waals surface area contributed by atoms with Crippen LogP contribution < -0.4 is 0 Å². The fourth-order valence-corrected chi connectivity index (χ4v) is 38.6. The summed E-state index contributed by atoms with van der Waals surface area (Å²) in [5, 5.41) is 0. The van der Waals surface area contributed by atoms with Crippen LogP contribution in [0.3, 0.4) is 0 Å². The molecule has 0 amide bonds. The van der Waals surface area contributed by atoms with E-state index in [2.05, 4.69) is 0 Å². The zero-order valence-electron chi connectivity index (χ0n) is 4.50. The van der Waals surface area contributed by atoms with Crippen molar-refractivity contribution in [1.82, 2.24) is 0 Å². The third kappa shape index (κ3) is 1.74. The Hall–Kier alpha value is 1.34. The van der Waals surface area contributed by atoms with Gasteiger partial charge in [-0.05, 0) is 0 Å². The molecule has 0 bridgehead atoms. The van der Waals surface area contributed by atoms with Crippen LogP contribution in [0.15, 0.2) is 0 Å². The van der Waals surface area contributed by atoms with E-state index in [1.165, 1.54) is 22.0 Å². The highest BCUT2D eigenvalue weighted by molar-refractivity contribution is 9.49. The summed E-state index contributed by atoms with van der Waals surface area (Å²) in [6.07, 6.45) is 0. The molecule has 56 valence electrons. The highest BCUT2D eigenvalue weighted by Gasteiger charge is 2.43. The van der Waals surface area contributed by atoms with Crippen LogP contribution in [0.2, 0.25) is 0 Å². The Bertz CT molecular complexity index is 232. The van der Waals surface area contributed by atoms with E-state index in [1.54, 1.807) is 0 Å². The van der Waals surface area contributed by atoms with Crippen LogP contribution in [0.5, 0.6) is 0 Å². The van der Waals surface area contributed by atoms with Crippen LogP contribution in [0.1, 0.15) is 0 Å². The van der Waals surface area contributed by atoms with Crippen molar-refractivity contribution in [3.63, 3.8) is 0 Å². The zero-order valence-corrected chi connectivity index (χ0v) is 9.55. The Balaban J connectivity index is 2.76. The van der Waals surface area contributed by atoms with E-state index in [0.29, 0.717) is 0 Å². The van der Waals surface area contributed by atoms with Crippen LogP contribution in [0.25, 0.3) is 0 Å². The first-order chi connectivity index (χ1) is 4.54. The van der Waals surface area contributed by atoms with Crippen molar-refractivity contribution in [2.24, 2.45) is 0 Å². The molecular weight excluding hydrogens is 246 g/mol. The minimum Gasteiger partial charge on any atom is -0.296 e. The summed E-state index contributed by atoms with van der Waals surface area (Å²) in [4.78, 5) is 20.5. The molecule has 0 unspecified atom stereocenters. The largest absolute Gasteiger partial charge is 0.296 e. The van der Waals surface area contributed by atoms with E-state index in [9.17, 15) is 9.59 Å². The maximum atomic E-state index is 10.3. The average Bonchev–Trinajstić information content (AvgIpc) is 1.85. The predicted molar refractivity (Wildman–Crippen MR) is 57.3 cm³/mol. The molecule has 0 N–H and O–H groups in total. The molecule has 0 radical (unpaired) electrons. The Labute approximate surface area is 75.9 Å². The normalized spacial score (nSPS) is 45.6. The number of hydrogen-bond donors (Lipinski definition) is 0. The van der Waals surface area contributed by atoms with Crippen molar-refractivity contribution in [3.05, 3.63) is 0 Å². The second-order valence-electron chi connectivity index (χ2n) is 1.45. The van der Waals surface area contributed by atoms with Gasteiger partial charge in [0.1, 0.15) is 8.88 Å². The van der Waals surface area contributed by atoms with Crippen molar-refractivity contribution < 1.29 is 9.59 Å². The molecule has 8 heteroatoms. The van der Waals surface area contributed by atoms with Gasteiger partial charge in [0.2, 0.25) is 0 Å². The van der Waals surface area contributed by atoms with E-state index in [-0.39, 0.29) is 0 Å². The maximum absolute atomic E-state index is 10.3. The minimum absolute atomic E-state index is 0.770. The van der Waals surface area contributed by atoms with E-state index in [1.807, 2.05) is 0 Å². The Morgan fingerprint density at radius 3 is 1.50 bits per heavy atom. The van der Waals surface area contributed by atoms with Crippen molar-refractivity contribution in [1.29, 1.82) is 0 Å². The van der Waals surface area contributed by atoms with Crippen LogP contribution in [0.4, 0.5) is 0 Å². The average molecular weight is 248 g/mol. The van der Waals surface area contributed by atoms with Gasteiger partial charge in [0, 0.05) is 0 Å². The Kier molecular flexibility index (Phi) is 2.83. The molecule has 1 rings (SSSR count). The topological polar surface area (TPSA) is 34.1 Å². The third-order valence-electron chi connectivity index (χ3n) is 0.713. The van der Waals surface area contributed by atoms with Crippen LogP contribution in [-0.2, 0) is 33.2 Å². The van der Waals surface area contributed by atoms with Gasteiger partial charge in [-0.25, -0.2) is 0 Å². The van der Waals surface area contributed by atoms with Crippen LogP contribution in [0, 0.1) is 0 Å². The molecular formula is C2H2O2P2S4. The molecule has 2 nitrogen and oxygen atoms in total. The summed E-state index contributed by atoms with van der Waals surface area (Å²) in [6.45, 7) is 0. The van der Waals surface area contributed by atoms with E-state index in [4.69, 9.17) is 23.6 Å². The molecule has 0 spiro atoms. The Morgan fingerprint density at radius 1 is 1.00 bits per heavy atom. The summed E-state index contributed by atoms with van der Waals surface area (Å²) < 4.78 is -3.82. The number of hydrogen-bond acceptors (Lipinski definition) is 6. The standard InChI is InChI=1S/C2H2O2P2S4/c3-1-5(7)9-6(8,2-4)10-5/h1-2H. The van der Waals surface area contributed by atoms with Gasteiger partial charge in [0.25, 0.3) is 0 Å². The summed E-state index contributed by atoms with van der Waals surface area (Å²) >= 11 is 12.4. The second kappa shape index (κ2) is 3.00. The first-order valence-electron chi connectivity index (χ1n) is 2.08. The van der Waals surface area contributed by atoms with Crippen molar-refractivity contribution in [3.8, 4) is 0 Å². The van der Waals surface area contributed by atoms with Gasteiger partial charge in [-0.3, -0.25) is 9.59 Å². The molecule has 0 aromatic rings. The highest BCUT2D eigenvalue weighted by atomic mass is 33.7. The molecule has 1 saturated heterocycles. The van der Waals surface area contributed by atoms with Crippen LogP contribution in [-0.4, -0.2) is 12.1 Å². The number of rotatable bonds is 2. The third-order valence-corrected chi connectivity index (χ3v) is 29.0. The lowest BCUT2D eigenvalue weighted by atomic mass is 11.8. The first kappa shape index (κ1) is 9.43. The lowest BCUT2D eigenvalue weighted by molar-refractivity contribution is 0.569. The van der Waals surface area contributed by atoms with Crippen molar-refractivity contribution in [2.75, 3.05) is 0 Å². The molecule has 0 aliphatic carbocycles. The molecule has 0 aromatic carbocycles. The predicted octanol–water partition coefficient (Wildman–Crippen LogP) is 2.47. The van der Waals surface area contributed by atoms with Gasteiger partial charge in [-0.2, -0.15) is 0 Å². The number of carbonyl (C=O) groups excluding carboxylic acids is 2. The molecule has 0 saturated carbocycles. The van der Waals surface area contributed by atoms with Gasteiger partial charge in [-0.1, -0.05) is 45.6 Å². The van der Waals surface area contributed by atoms with E-state index in [0.717, 1.165) is 12.1 Å². The number of carbonyl (C=O) groups is 2. The molecule has 1 aliphatic rings. The summed E-state index contributed by atoms with van der Waals surface area (Å²) in [5.41, 5.74) is 0. The van der Waals surface area contributed by atoms with E-state index < -0.39 is 8.88 Å². The Morgan fingerprint density at radius 2 is 1.30 bits per heavy atom. The monoisotopic (exact) mass is 248 g/mol. The van der Waals surface area contributed by atoms with E-state index >= 15 is 0 Å². The minimum atomic E-state index is -1.91. The lowest BCUT2D eigenvalue weighted by Crippen LogP contribution is -1.82. The second-order valence-corrected chi connectivity index (χ2v) is 22.8. The molecule has 10 heavy (non-hydrogen) atoms. The molecule has 1 heterocycles. The first-order valence-corrected chi connectivity index (χ1v) is 11.9. The highest BCUT2D eigenvalue weighted by Crippen LogP contribution is 3.03. The molecule has 1 fully saturated rings. The lowest BCUT2D eigenvalue weighted by Gasteiger charge is -2.31. The fourth-order valence-electron chi connectivity index (χ4n) is 0.400. The summed E-state index contributed by atoms with van der Waals surface area (Å²) in [5.74, 6) is 0. The smallest absolute Gasteiger partial charge is 0.171 e. The molecule has 0 atom stereocenters. The van der Waals surface area contributed by atoms with Gasteiger partial charge >= 0.3 is 0 Å². The fraction of sp³-hybridized carbons (Fsp3) is 0. The summed E-state index contributed by atoms with van der Waals surface area (Å²) in [6, 6.07) is 1.54. The van der Waals surface area contributed by atoms with Gasteiger partial charge in [0.15, 0.2) is 12.1 Å². The van der Waals surface area contributed by atoms with Crippen molar-refractivity contribution >= 4 is 66.6 Å². The van der Waals surface area contributed by atoms with Gasteiger partial charge < -0.3 is 0 Å². The van der Waals surface area contributed by atoms with Crippen LogP contribution >= 0.6 is 30.9 Å². The van der Waals surface area contributed by atoms with Crippen molar-refractivity contribution in [2.45, 2.75) is 0 Å². The molecule has 0 aromatic heterocycles. The summed E-state index contributed by atoms with van der Waals surface area (Å²) in [7, 11) is 0. The SMILES string of the molecule is O=CP1(=S)SP(=S)(C=O)S1. The maximum Gasteiger partial charge on any atom is 0.171 e. The van der Waals surface area contributed by atoms with Gasteiger partial charge in [-0.15, -0.1) is 0 Å². The molecule has 1 aliphatic heterocycles. The van der Waals surface area contributed by atoms with Gasteiger partial charge in [0.05, 0.1) is 0 Å².